The lowest BCUT2D eigenvalue weighted by Crippen LogP contribution is -2.49. The second-order valence-corrected chi connectivity index (χ2v) is 8.27. The Balaban J connectivity index is 1.65. The molecular formula is C20H22BrN5O4. The van der Waals surface area contributed by atoms with Gasteiger partial charge in [-0.2, -0.15) is 4.98 Å². The first-order valence-corrected chi connectivity index (χ1v) is 10.2. The molecule has 0 atom stereocenters. The molecule has 1 saturated heterocycles. The molecule has 158 valence electrons. The molecule has 2 aliphatic heterocycles. The molecule has 1 amide bonds. The molecule has 30 heavy (non-hydrogen) atoms. The SMILES string of the molecule is COc1cc(Cc2cnc(N)nc2N)cc2c1OC1(C=C2Br)CCN(C(=O)O)CC1. The fourth-order valence-electron chi connectivity index (χ4n) is 3.85. The zero-order chi connectivity index (χ0) is 21.5. The van der Waals surface area contributed by atoms with Crippen LogP contribution < -0.4 is 20.9 Å². The predicted octanol–water partition coefficient (Wildman–Crippen LogP) is 2.88. The van der Waals surface area contributed by atoms with E-state index in [-0.39, 0.29) is 5.95 Å². The highest BCUT2D eigenvalue weighted by atomic mass is 79.9. The molecule has 10 heteroatoms. The van der Waals surface area contributed by atoms with Crippen LogP contribution in [0.2, 0.25) is 0 Å². The van der Waals surface area contributed by atoms with Gasteiger partial charge < -0.3 is 30.9 Å². The van der Waals surface area contributed by atoms with Crippen molar-refractivity contribution in [3.8, 4) is 11.5 Å². The normalized spacial score (nSPS) is 17.1. The molecule has 5 N–H and O–H groups in total. The fourth-order valence-corrected chi connectivity index (χ4v) is 4.56. The Labute approximate surface area is 181 Å². The lowest BCUT2D eigenvalue weighted by molar-refractivity contribution is 0.0380. The first kappa shape index (κ1) is 20.3. The van der Waals surface area contributed by atoms with Gasteiger partial charge in [-0.05, 0) is 23.8 Å². The molecule has 2 aliphatic rings. The molecule has 1 spiro atoms. The number of rotatable bonds is 3. The quantitative estimate of drug-likeness (QED) is 0.615. The van der Waals surface area contributed by atoms with Gasteiger partial charge in [-0.25, -0.2) is 9.78 Å². The first-order valence-electron chi connectivity index (χ1n) is 9.43. The summed E-state index contributed by atoms with van der Waals surface area (Å²) in [5.74, 6) is 1.72. The summed E-state index contributed by atoms with van der Waals surface area (Å²) in [5, 5.41) is 9.22. The molecule has 0 saturated carbocycles. The predicted molar refractivity (Wildman–Crippen MR) is 116 cm³/mol. The number of ether oxygens (including phenoxy) is 2. The van der Waals surface area contributed by atoms with Crippen molar-refractivity contribution >= 4 is 38.3 Å². The van der Waals surface area contributed by atoms with Crippen molar-refractivity contribution in [3.63, 3.8) is 0 Å². The molecule has 1 aromatic carbocycles. The van der Waals surface area contributed by atoms with Gasteiger partial charge in [-0.15, -0.1) is 0 Å². The number of hydrogen-bond donors (Lipinski definition) is 3. The molecule has 0 unspecified atom stereocenters. The van der Waals surface area contributed by atoms with Crippen LogP contribution in [0.1, 0.15) is 29.5 Å². The van der Waals surface area contributed by atoms with Crippen molar-refractivity contribution in [2.24, 2.45) is 0 Å². The topological polar surface area (TPSA) is 137 Å². The van der Waals surface area contributed by atoms with E-state index in [0.717, 1.165) is 21.2 Å². The number of methoxy groups -OCH3 is 1. The second kappa shape index (κ2) is 7.67. The van der Waals surface area contributed by atoms with E-state index >= 15 is 0 Å². The minimum Gasteiger partial charge on any atom is -0.493 e. The van der Waals surface area contributed by atoms with Crippen molar-refractivity contribution in [2.45, 2.75) is 24.9 Å². The number of piperidine rings is 1. The van der Waals surface area contributed by atoms with Gasteiger partial charge in [-0.1, -0.05) is 15.9 Å². The maximum absolute atomic E-state index is 11.2. The molecule has 9 nitrogen and oxygen atoms in total. The molecule has 0 bridgehead atoms. The van der Waals surface area contributed by atoms with Crippen LogP contribution in [0.5, 0.6) is 11.5 Å². The first-order chi connectivity index (χ1) is 14.3. The van der Waals surface area contributed by atoms with Gasteiger partial charge in [0.15, 0.2) is 11.5 Å². The number of anilines is 2. The largest absolute Gasteiger partial charge is 0.493 e. The van der Waals surface area contributed by atoms with E-state index in [2.05, 4.69) is 25.9 Å². The maximum atomic E-state index is 11.2. The summed E-state index contributed by atoms with van der Waals surface area (Å²) in [6, 6.07) is 3.91. The molecule has 2 aromatic rings. The van der Waals surface area contributed by atoms with Gasteiger partial charge in [0.2, 0.25) is 5.95 Å². The number of nitrogens with two attached hydrogens (primary N) is 2. The lowest BCUT2D eigenvalue weighted by Gasteiger charge is -2.42. The third kappa shape index (κ3) is 3.74. The van der Waals surface area contributed by atoms with Crippen LogP contribution in [0.3, 0.4) is 0 Å². The third-order valence-electron chi connectivity index (χ3n) is 5.48. The minimum atomic E-state index is -0.905. The zero-order valence-electron chi connectivity index (χ0n) is 16.4. The Kier molecular flexibility index (Phi) is 5.19. The van der Waals surface area contributed by atoms with Crippen molar-refractivity contribution in [2.75, 3.05) is 31.7 Å². The van der Waals surface area contributed by atoms with Crippen LogP contribution in [0, 0.1) is 0 Å². The van der Waals surface area contributed by atoms with Crippen LogP contribution >= 0.6 is 15.9 Å². The van der Waals surface area contributed by atoms with Gasteiger partial charge >= 0.3 is 6.09 Å². The van der Waals surface area contributed by atoms with E-state index in [1.807, 2.05) is 18.2 Å². The van der Waals surface area contributed by atoms with E-state index < -0.39 is 11.7 Å². The van der Waals surface area contributed by atoms with Crippen molar-refractivity contribution < 1.29 is 19.4 Å². The summed E-state index contributed by atoms with van der Waals surface area (Å²) < 4.78 is 12.9. The number of likely N-dealkylation sites (tertiary alicyclic amines) is 1. The zero-order valence-corrected chi connectivity index (χ0v) is 18.0. The Bertz CT molecular complexity index is 1030. The van der Waals surface area contributed by atoms with Gasteiger partial charge in [0.25, 0.3) is 0 Å². The number of aromatic nitrogens is 2. The standard InChI is InChI=1S/C20H22BrN5O4/c1-29-15-8-11(6-12-10-24-18(23)25-17(12)22)7-13-14(21)9-20(30-16(13)15)2-4-26(5-3-20)19(27)28/h7-10H,2-6H2,1H3,(H,27,28)(H4,22,23,24,25). The van der Waals surface area contributed by atoms with Gasteiger partial charge in [0.05, 0.1) is 7.11 Å². The van der Waals surface area contributed by atoms with E-state index in [1.54, 1.807) is 13.3 Å². The van der Waals surface area contributed by atoms with Crippen molar-refractivity contribution in [3.05, 3.63) is 41.1 Å². The monoisotopic (exact) mass is 475 g/mol. The maximum Gasteiger partial charge on any atom is 0.407 e. The highest BCUT2D eigenvalue weighted by Crippen LogP contribution is 2.48. The second-order valence-electron chi connectivity index (χ2n) is 7.42. The van der Waals surface area contributed by atoms with E-state index in [1.165, 1.54) is 4.90 Å². The van der Waals surface area contributed by atoms with Crippen molar-refractivity contribution in [1.82, 2.24) is 14.9 Å². The summed E-state index contributed by atoms with van der Waals surface area (Å²) in [4.78, 5) is 20.7. The van der Waals surface area contributed by atoms with Crippen LogP contribution in [0.15, 0.2) is 24.4 Å². The molecule has 4 rings (SSSR count). The summed E-state index contributed by atoms with van der Waals surface area (Å²) >= 11 is 3.68. The number of fused-ring (bicyclic) bond motifs is 1. The summed E-state index contributed by atoms with van der Waals surface area (Å²) in [5.41, 5.74) is 13.6. The minimum absolute atomic E-state index is 0.137. The molecule has 1 aromatic heterocycles. The van der Waals surface area contributed by atoms with Crippen LogP contribution in [0.25, 0.3) is 4.48 Å². The number of carboxylic acid groups (broad SMARTS) is 1. The molecular weight excluding hydrogens is 454 g/mol. The average molecular weight is 476 g/mol. The average Bonchev–Trinajstić information content (AvgIpc) is 2.70. The Hall–Kier alpha value is -3.01. The number of hydrogen-bond acceptors (Lipinski definition) is 7. The molecule has 0 aliphatic carbocycles. The highest BCUT2D eigenvalue weighted by Gasteiger charge is 2.40. The van der Waals surface area contributed by atoms with Gasteiger partial charge in [0, 0.05) is 54.2 Å². The molecule has 0 radical (unpaired) electrons. The van der Waals surface area contributed by atoms with E-state index in [0.29, 0.717) is 49.7 Å². The lowest BCUT2D eigenvalue weighted by atomic mass is 9.87. The fraction of sp³-hybridized carbons (Fsp3) is 0.350. The number of nitrogen functional groups attached to an aromatic ring is 2. The third-order valence-corrected chi connectivity index (χ3v) is 6.13. The summed E-state index contributed by atoms with van der Waals surface area (Å²) in [6.07, 6.45) is 4.39. The van der Waals surface area contributed by atoms with Crippen molar-refractivity contribution in [1.29, 1.82) is 0 Å². The number of halogens is 1. The number of nitrogens with zero attached hydrogens (tertiary/aromatic N) is 3. The Morgan fingerprint density at radius 3 is 2.73 bits per heavy atom. The number of benzene rings is 1. The van der Waals surface area contributed by atoms with E-state index in [4.69, 9.17) is 20.9 Å². The Morgan fingerprint density at radius 1 is 1.37 bits per heavy atom. The van der Waals surface area contributed by atoms with Gasteiger partial charge in [0.1, 0.15) is 11.4 Å². The number of carbonyl (C=O) groups is 1. The summed E-state index contributed by atoms with van der Waals surface area (Å²) in [7, 11) is 1.59. The molecule has 3 heterocycles. The van der Waals surface area contributed by atoms with E-state index in [9.17, 15) is 9.90 Å². The molecule has 1 fully saturated rings. The summed E-state index contributed by atoms with van der Waals surface area (Å²) in [6.45, 7) is 0.830. The van der Waals surface area contributed by atoms with Crippen LogP contribution in [0.4, 0.5) is 16.6 Å². The smallest absolute Gasteiger partial charge is 0.407 e. The Morgan fingerprint density at radius 2 is 2.10 bits per heavy atom. The van der Waals surface area contributed by atoms with Crippen LogP contribution in [-0.2, 0) is 6.42 Å². The highest BCUT2D eigenvalue weighted by molar-refractivity contribution is 9.15. The van der Waals surface area contributed by atoms with Crippen LogP contribution in [-0.4, -0.2) is 51.9 Å². The number of amides is 1. The van der Waals surface area contributed by atoms with Gasteiger partial charge in [-0.3, -0.25) is 0 Å².